The molecule has 3 aromatic rings. The highest BCUT2D eigenvalue weighted by Gasteiger charge is 2.42. The van der Waals surface area contributed by atoms with Gasteiger partial charge < -0.3 is 10.0 Å². The Morgan fingerprint density at radius 3 is 2.00 bits per heavy atom. The van der Waals surface area contributed by atoms with Crippen molar-refractivity contribution in [1.29, 1.82) is 0 Å². The minimum absolute atomic E-state index is 0.0867. The molecule has 1 N–H and O–H groups in total. The summed E-state index contributed by atoms with van der Waals surface area (Å²) in [6, 6.07) is 21.9. The summed E-state index contributed by atoms with van der Waals surface area (Å²) in [5, 5.41) is 10.3. The van der Waals surface area contributed by atoms with E-state index in [0.29, 0.717) is 23.4 Å². The minimum Gasteiger partial charge on any atom is -0.480 e. The van der Waals surface area contributed by atoms with Crippen LogP contribution in [0.15, 0.2) is 72.8 Å². The number of hydrogen-bond acceptors (Lipinski definition) is 2. The zero-order chi connectivity index (χ0) is 23.8. The molecule has 0 aromatic heterocycles. The Kier molecular flexibility index (Phi) is 6.31. The molecule has 2 atom stereocenters. The van der Waals surface area contributed by atoms with Crippen molar-refractivity contribution in [3.05, 3.63) is 94.5 Å². The molecule has 1 aliphatic heterocycles. The van der Waals surface area contributed by atoms with Gasteiger partial charge in [0.25, 0.3) is 5.91 Å². The van der Waals surface area contributed by atoms with Gasteiger partial charge in [0.15, 0.2) is 0 Å². The van der Waals surface area contributed by atoms with Crippen LogP contribution >= 0.6 is 11.6 Å². The van der Waals surface area contributed by atoms with Gasteiger partial charge in [-0.15, -0.1) is 0 Å². The van der Waals surface area contributed by atoms with Gasteiger partial charge in [0.05, 0.1) is 6.04 Å². The molecule has 0 radical (unpaired) electrons. The van der Waals surface area contributed by atoms with E-state index in [9.17, 15) is 14.7 Å². The van der Waals surface area contributed by atoms with Crippen molar-refractivity contribution in [1.82, 2.24) is 4.90 Å². The smallest absolute Gasteiger partial charge is 0.326 e. The summed E-state index contributed by atoms with van der Waals surface area (Å²) in [5.41, 5.74) is 4.68. The van der Waals surface area contributed by atoms with Crippen LogP contribution in [0.5, 0.6) is 0 Å². The standard InChI is InChI=1S/C28H28ClNO3/c1-28(2,3)21-14-12-19(13-15-21)18-8-10-20(11-9-18)26(31)30-24(16-17-25(30)27(32)33)22-6-4-5-7-23(22)29/h4-15,24-25H,16-17H2,1-3H3,(H,32,33)/t24-,25+/m1/s1. The first-order chi connectivity index (χ1) is 15.7. The number of halogens is 1. The molecular weight excluding hydrogens is 434 g/mol. The van der Waals surface area contributed by atoms with Crippen molar-refractivity contribution in [3.63, 3.8) is 0 Å². The number of carboxylic acid groups (broad SMARTS) is 1. The van der Waals surface area contributed by atoms with Crippen molar-refractivity contribution in [2.45, 2.75) is 51.1 Å². The molecule has 3 aromatic carbocycles. The predicted molar refractivity (Wildman–Crippen MR) is 132 cm³/mol. The topological polar surface area (TPSA) is 57.6 Å². The van der Waals surface area contributed by atoms with Crippen LogP contribution in [0, 0.1) is 0 Å². The fraction of sp³-hybridized carbons (Fsp3) is 0.286. The molecule has 4 nitrogen and oxygen atoms in total. The van der Waals surface area contributed by atoms with Crippen molar-refractivity contribution >= 4 is 23.5 Å². The number of rotatable bonds is 4. The number of hydrogen-bond donors (Lipinski definition) is 1. The molecule has 0 bridgehead atoms. The van der Waals surface area contributed by atoms with E-state index in [4.69, 9.17) is 11.6 Å². The van der Waals surface area contributed by atoms with Gasteiger partial charge in [-0.1, -0.05) is 87.0 Å². The lowest BCUT2D eigenvalue weighted by Gasteiger charge is -2.29. The molecule has 0 unspecified atom stereocenters. The summed E-state index contributed by atoms with van der Waals surface area (Å²) in [6.07, 6.45) is 0.958. The summed E-state index contributed by atoms with van der Waals surface area (Å²) in [7, 11) is 0. The number of benzene rings is 3. The van der Waals surface area contributed by atoms with Crippen LogP contribution in [-0.2, 0) is 10.2 Å². The summed E-state index contributed by atoms with van der Waals surface area (Å²) in [4.78, 5) is 26.9. The number of nitrogens with zero attached hydrogens (tertiary/aromatic N) is 1. The first kappa shape index (κ1) is 23.1. The second-order valence-corrected chi connectivity index (χ2v) is 9.99. The van der Waals surface area contributed by atoms with Crippen LogP contribution in [0.1, 0.15) is 61.1 Å². The predicted octanol–water partition coefficient (Wildman–Crippen LogP) is 6.74. The summed E-state index contributed by atoms with van der Waals surface area (Å²) in [6.45, 7) is 6.54. The molecule has 5 heteroatoms. The molecular formula is C28H28ClNO3. The van der Waals surface area contributed by atoms with Crippen LogP contribution < -0.4 is 0 Å². The molecule has 170 valence electrons. The molecule has 4 rings (SSSR count). The van der Waals surface area contributed by atoms with Crippen LogP contribution in [0.3, 0.4) is 0 Å². The maximum absolute atomic E-state index is 13.5. The molecule has 1 fully saturated rings. The summed E-state index contributed by atoms with van der Waals surface area (Å²) >= 11 is 6.39. The summed E-state index contributed by atoms with van der Waals surface area (Å²) < 4.78 is 0. The third-order valence-electron chi connectivity index (χ3n) is 6.39. The number of carbonyl (C=O) groups is 2. The number of aliphatic carboxylic acids is 1. The monoisotopic (exact) mass is 461 g/mol. The molecule has 1 saturated heterocycles. The fourth-order valence-electron chi connectivity index (χ4n) is 4.50. The van der Waals surface area contributed by atoms with Crippen LogP contribution in [-0.4, -0.2) is 27.9 Å². The van der Waals surface area contributed by atoms with Gasteiger partial charge in [0.2, 0.25) is 0 Å². The Balaban J connectivity index is 1.62. The van der Waals surface area contributed by atoms with Crippen molar-refractivity contribution in [2.24, 2.45) is 0 Å². The highest BCUT2D eigenvalue weighted by Crippen LogP contribution is 2.40. The lowest BCUT2D eigenvalue weighted by Crippen LogP contribution is -2.41. The second kappa shape index (κ2) is 9.03. The van der Waals surface area contributed by atoms with Gasteiger partial charge in [0, 0.05) is 10.6 Å². The molecule has 1 heterocycles. The maximum Gasteiger partial charge on any atom is 0.326 e. The molecule has 1 aliphatic rings. The van der Waals surface area contributed by atoms with Crippen molar-refractivity contribution < 1.29 is 14.7 Å². The first-order valence-electron chi connectivity index (χ1n) is 11.2. The van der Waals surface area contributed by atoms with E-state index in [1.54, 1.807) is 18.2 Å². The number of carboxylic acids is 1. The molecule has 33 heavy (non-hydrogen) atoms. The van der Waals surface area contributed by atoms with Gasteiger partial charge >= 0.3 is 5.97 Å². The molecule has 0 saturated carbocycles. The lowest BCUT2D eigenvalue weighted by atomic mass is 9.86. The third kappa shape index (κ3) is 4.67. The zero-order valence-corrected chi connectivity index (χ0v) is 19.8. The molecule has 0 aliphatic carbocycles. The highest BCUT2D eigenvalue weighted by atomic mass is 35.5. The lowest BCUT2D eigenvalue weighted by molar-refractivity contribution is -0.141. The third-order valence-corrected chi connectivity index (χ3v) is 6.73. The average molecular weight is 462 g/mol. The molecule has 0 spiro atoms. The van der Waals surface area contributed by atoms with E-state index in [0.717, 1.165) is 16.7 Å². The second-order valence-electron chi connectivity index (χ2n) is 9.59. The number of likely N-dealkylation sites (tertiary alicyclic amines) is 1. The number of carbonyl (C=O) groups excluding carboxylic acids is 1. The SMILES string of the molecule is CC(C)(C)c1ccc(-c2ccc(C(=O)N3[C@@H](c4ccccc4Cl)CC[C@H]3C(=O)O)cc2)cc1. The highest BCUT2D eigenvalue weighted by molar-refractivity contribution is 6.31. The van der Waals surface area contributed by atoms with E-state index in [-0.39, 0.29) is 17.4 Å². The first-order valence-corrected chi connectivity index (χ1v) is 11.6. The quantitative estimate of drug-likeness (QED) is 0.468. The van der Waals surface area contributed by atoms with Gasteiger partial charge in [-0.2, -0.15) is 0 Å². The van der Waals surface area contributed by atoms with Crippen LogP contribution in [0.4, 0.5) is 0 Å². The summed E-state index contributed by atoms with van der Waals surface area (Å²) in [5.74, 6) is -1.28. The van der Waals surface area contributed by atoms with Gasteiger partial charge in [-0.05, 0) is 58.7 Å². The van der Waals surface area contributed by atoms with Gasteiger partial charge in [0.1, 0.15) is 6.04 Å². The van der Waals surface area contributed by atoms with E-state index in [1.807, 2.05) is 30.3 Å². The van der Waals surface area contributed by atoms with E-state index < -0.39 is 12.0 Å². The minimum atomic E-state index is -0.992. The number of amides is 1. The van der Waals surface area contributed by atoms with Crippen LogP contribution in [0.2, 0.25) is 5.02 Å². The van der Waals surface area contributed by atoms with E-state index in [1.165, 1.54) is 10.5 Å². The largest absolute Gasteiger partial charge is 0.480 e. The van der Waals surface area contributed by atoms with Crippen LogP contribution in [0.25, 0.3) is 11.1 Å². The average Bonchev–Trinajstić information content (AvgIpc) is 3.24. The maximum atomic E-state index is 13.5. The Morgan fingerprint density at radius 2 is 1.45 bits per heavy atom. The Labute approximate surface area is 199 Å². The van der Waals surface area contributed by atoms with Crippen molar-refractivity contribution in [3.8, 4) is 11.1 Å². The van der Waals surface area contributed by atoms with Gasteiger partial charge in [-0.25, -0.2) is 4.79 Å². The molecule has 1 amide bonds. The Hall–Kier alpha value is -3.11. The van der Waals surface area contributed by atoms with Gasteiger partial charge in [-0.3, -0.25) is 4.79 Å². The van der Waals surface area contributed by atoms with E-state index in [2.05, 4.69) is 45.0 Å². The fourth-order valence-corrected chi connectivity index (χ4v) is 4.77. The Bertz CT molecular complexity index is 1160. The normalized spacial score (nSPS) is 18.4. The van der Waals surface area contributed by atoms with Crippen molar-refractivity contribution in [2.75, 3.05) is 0 Å². The zero-order valence-electron chi connectivity index (χ0n) is 19.1. The van der Waals surface area contributed by atoms with E-state index >= 15 is 0 Å². The Morgan fingerprint density at radius 1 is 0.879 bits per heavy atom.